The van der Waals surface area contributed by atoms with Crippen LogP contribution in [0.5, 0.6) is 0 Å². The van der Waals surface area contributed by atoms with E-state index in [9.17, 15) is 4.79 Å². The van der Waals surface area contributed by atoms with Gasteiger partial charge in [0.05, 0.1) is 0 Å². The minimum absolute atomic E-state index is 0.694. The van der Waals surface area contributed by atoms with E-state index in [-0.39, 0.29) is 0 Å². The van der Waals surface area contributed by atoms with Crippen molar-refractivity contribution in [2.45, 2.75) is 25.0 Å². The molecular weight excluding hydrogens is 200 g/mol. The normalized spacial score (nSPS) is 28.5. The number of nitrogens with one attached hydrogen (secondary N) is 1. The van der Waals surface area contributed by atoms with Crippen LogP contribution in [0.3, 0.4) is 0 Å². The summed E-state index contributed by atoms with van der Waals surface area (Å²) in [4.78, 5) is 13.2. The monoisotopic (exact) mass is 216 g/mol. The smallest absolute Gasteiger partial charge is 0.150 e. The first kappa shape index (κ1) is 10.00. The first-order chi connectivity index (χ1) is 7.85. The van der Waals surface area contributed by atoms with Crippen LogP contribution in [0.25, 0.3) is 0 Å². The highest BCUT2D eigenvalue weighted by molar-refractivity contribution is 5.74. The molecule has 84 valence electrons. The second-order valence-corrected chi connectivity index (χ2v) is 4.79. The SMILES string of the molecule is O=Cc1cccc(CN2CC3CC2CN3)c1. The number of carbonyl (C=O) groups is 1. The van der Waals surface area contributed by atoms with E-state index in [1.54, 1.807) is 0 Å². The van der Waals surface area contributed by atoms with Crippen molar-refractivity contribution in [3.05, 3.63) is 35.4 Å². The number of benzene rings is 1. The Hall–Kier alpha value is -1.19. The number of likely N-dealkylation sites (tertiary alicyclic amines) is 1. The van der Waals surface area contributed by atoms with Crippen molar-refractivity contribution in [1.29, 1.82) is 0 Å². The van der Waals surface area contributed by atoms with Crippen molar-refractivity contribution in [3.8, 4) is 0 Å². The van der Waals surface area contributed by atoms with Gasteiger partial charge in [-0.1, -0.05) is 18.2 Å². The molecule has 2 aliphatic rings. The molecule has 0 spiro atoms. The Labute approximate surface area is 95.4 Å². The minimum atomic E-state index is 0.694. The van der Waals surface area contributed by atoms with Gasteiger partial charge in [0, 0.05) is 37.3 Å². The lowest BCUT2D eigenvalue weighted by Gasteiger charge is -2.27. The van der Waals surface area contributed by atoms with E-state index < -0.39 is 0 Å². The number of rotatable bonds is 3. The molecule has 1 aromatic rings. The van der Waals surface area contributed by atoms with Gasteiger partial charge in [0.15, 0.2) is 0 Å². The highest BCUT2D eigenvalue weighted by Gasteiger charge is 2.37. The van der Waals surface area contributed by atoms with Crippen LogP contribution in [-0.2, 0) is 6.54 Å². The van der Waals surface area contributed by atoms with Gasteiger partial charge in [-0.05, 0) is 18.1 Å². The molecule has 0 saturated carbocycles. The molecule has 2 fully saturated rings. The van der Waals surface area contributed by atoms with Gasteiger partial charge in [-0.3, -0.25) is 9.69 Å². The summed E-state index contributed by atoms with van der Waals surface area (Å²) in [6.45, 7) is 3.25. The average molecular weight is 216 g/mol. The standard InChI is InChI=1S/C13H16N2O/c16-9-11-3-1-2-10(4-11)7-15-8-12-5-13(15)6-14-12/h1-4,9,12-14H,5-8H2. The van der Waals surface area contributed by atoms with Gasteiger partial charge in [0.25, 0.3) is 0 Å². The maximum Gasteiger partial charge on any atom is 0.150 e. The van der Waals surface area contributed by atoms with E-state index in [0.29, 0.717) is 12.1 Å². The van der Waals surface area contributed by atoms with Crippen molar-refractivity contribution in [1.82, 2.24) is 10.2 Å². The number of hydrogen-bond donors (Lipinski definition) is 1. The van der Waals surface area contributed by atoms with Crippen LogP contribution >= 0.6 is 0 Å². The van der Waals surface area contributed by atoms with Crippen LogP contribution in [0.15, 0.2) is 24.3 Å². The van der Waals surface area contributed by atoms with Crippen LogP contribution in [0.4, 0.5) is 0 Å². The summed E-state index contributed by atoms with van der Waals surface area (Å²) >= 11 is 0. The molecule has 1 N–H and O–H groups in total. The summed E-state index contributed by atoms with van der Waals surface area (Å²) in [5.41, 5.74) is 2.03. The summed E-state index contributed by atoms with van der Waals surface area (Å²) in [6.07, 6.45) is 2.20. The minimum Gasteiger partial charge on any atom is -0.311 e. The molecule has 0 amide bonds. The summed E-state index contributed by atoms with van der Waals surface area (Å²) in [6, 6.07) is 9.31. The summed E-state index contributed by atoms with van der Waals surface area (Å²) < 4.78 is 0. The van der Waals surface area contributed by atoms with Gasteiger partial charge in [0.1, 0.15) is 6.29 Å². The summed E-state index contributed by atoms with van der Waals surface area (Å²) in [5, 5.41) is 3.50. The maximum absolute atomic E-state index is 10.7. The third kappa shape index (κ3) is 1.77. The molecule has 2 heterocycles. The predicted molar refractivity (Wildman–Crippen MR) is 62.4 cm³/mol. The molecule has 3 nitrogen and oxygen atoms in total. The lowest BCUT2D eigenvalue weighted by atomic mass is 10.1. The Balaban J connectivity index is 1.72. The molecule has 1 aromatic carbocycles. The van der Waals surface area contributed by atoms with E-state index >= 15 is 0 Å². The second kappa shape index (κ2) is 4.00. The number of aldehydes is 1. The third-order valence-corrected chi connectivity index (χ3v) is 3.64. The van der Waals surface area contributed by atoms with Gasteiger partial charge in [-0.25, -0.2) is 0 Å². The van der Waals surface area contributed by atoms with Gasteiger partial charge in [-0.15, -0.1) is 0 Å². The number of fused-ring (bicyclic) bond motifs is 2. The zero-order valence-electron chi connectivity index (χ0n) is 9.23. The fourth-order valence-electron chi connectivity index (χ4n) is 2.84. The molecule has 2 unspecified atom stereocenters. The zero-order chi connectivity index (χ0) is 11.0. The highest BCUT2D eigenvalue weighted by atomic mass is 16.1. The van der Waals surface area contributed by atoms with Crippen molar-refractivity contribution in [3.63, 3.8) is 0 Å². The van der Waals surface area contributed by atoms with Gasteiger partial charge in [-0.2, -0.15) is 0 Å². The Kier molecular flexibility index (Phi) is 2.50. The molecule has 0 radical (unpaired) electrons. The number of hydrogen-bond acceptors (Lipinski definition) is 3. The van der Waals surface area contributed by atoms with Gasteiger partial charge < -0.3 is 5.32 Å². The maximum atomic E-state index is 10.7. The molecule has 3 rings (SSSR count). The fraction of sp³-hybridized carbons (Fsp3) is 0.462. The second-order valence-electron chi connectivity index (χ2n) is 4.79. The summed E-state index contributed by atoms with van der Waals surface area (Å²) in [7, 11) is 0. The Morgan fingerprint density at radius 3 is 3.12 bits per heavy atom. The van der Waals surface area contributed by atoms with Gasteiger partial charge >= 0.3 is 0 Å². The molecule has 0 aliphatic carbocycles. The molecule has 2 bridgehead atoms. The highest BCUT2D eigenvalue weighted by Crippen LogP contribution is 2.25. The van der Waals surface area contributed by atoms with Crippen LogP contribution in [-0.4, -0.2) is 36.4 Å². The Morgan fingerprint density at radius 1 is 1.50 bits per heavy atom. The third-order valence-electron chi connectivity index (χ3n) is 3.64. The molecule has 2 saturated heterocycles. The lowest BCUT2D eigenvalue weighted by molar-refractivity contribution is 0.112. The molecule has 3 heteroatoms. The van der Waals surface area contributed by atoms with Crippen molar-refractivity contribution < 1.29 is 4.79 Å². The zero-order valence-corrected chi connectivity index (χ0v) is 9.23. The molecule has 2 aliphatic heterocycles. The largest absolute Gasteiger partial charge is 0.311 e. The first-order valence-electron chi connectivity index (χ1n) is 5.87. The average Bonchev–Trinajstić information content (AvgIpc) is 2.91. The van der Waals surface area contributed by atoms with E-state index in [0.717, 1.165) is 31.5 Å². The molecule has 16 heavy (non-hydrogen) atoms. The van der Waals surface area contributed by atoms with Crippen LogP contribution in [0, 0.1) is 0 Å². The Morgan fingerprint density at radius 2 is 2.44 bits per heavy atom. The van der Waals surface area contributed by atoms with E-state index in [2.05, 4.69) is 16.3 Å². The number of piperazine rings is 1. The van der Waals surface area contributed by atoms with Crippen molar-refractivity contribution in [2.24, 2.45) is 0 Å². The van der Waals surface area contributed by atoms with Crippen molar-refractivity contribution in [2.75, 3.05) is 13.1 Å². The van der Waals surface area contributed by atoms with Gasteiger partial charge in [0.2, 0.25) is 0 Å². The van der Waals surface area contributed by atoms with Crippen molar-refractivity contribution >= 4 is 6.29 Å². The van der Waals surface area contributed by atoms with E-state index in [1.165, 1.54) is 12.0 Å². The summed E-state index contributed by atoms with van der Waals surface area (Å²) in [5.74, 6) is 0. The molecule has 2 atom stereocenters. The predicted octanol–water partition coefficient (Wildman–Crippen LogP) is 1.05. The van der Waals surface area contributed by atoms with E-state index in [4.69, 9.17) is 0 Å². The van der Waals surface area contributed by atoms with Crippen LogP contribution < -0.4 is 5.32 Å². The van der Waals surface area contributed by atoms with Crippen LogP contribution in [0.1, 0.15) is 22.3 Å². The topological polar surface area (TPSA) is 32.3 Å². The number of carbonyl (C=O) groups excluding carboxylic acids is 1. The lowest BCUT2D eigenvalue weighted by Crippen LogP contribution is -2.42. The molecule has 0 aromatic heterocycles. The molecular formula is C13H16N2O. The number of nitrogens with zero attached hydrogens (tertiary/aromatic N) is 1. The Bertz CT molecular complexity index is 405. The fourth-order valence-corrected chi connectivity index (χ4v) is 2.84. The first-order valence-corrected chi connectivity index (χ1v) is 5.87. The van der Waals surface area contributed by atoms with Crippen LogP contribution in [0.2, 0.25) is 0 Å². The van der Waals surface area contributed by atoms with E-state index in [1.807, 2.05) is 18.2 Å². The quantitative estimate of drug-likeness (QED) is 0.766.